The molecule has 0 bridgehead atoms. The van der Waals surface area contributed by atoms with Gasteiger partial charge in [-0.25, -0.2) is 9.37 Å². The number of oxime groups is 1. The van der Waals surface area contributed by atoms with E-state index in [1.165, 1.54) is 12.1 Å². The van der Waals surface area contributed by atoms with Crippen LogP contribution in [0.2, 0.25) is 0 Å². The highest BCUT2D eigenvalue weighted by Gasteiger charge is 2.18. The summed E-state index contributed by atoms with van der Waals surface area (Å²) < 4.78 is 12.8. The average Bonchev–Trinajstić information content (AvgIpc) is 2.42. The number of pyridine rings is 1. The Kier molecular flexibility index (Phi) is 5.89. The predicted molar refractivity (Wildman–Crippen MR) is 73.0 cm³/mol. The van der Waals surface area contributed by atoms with E-state index in [9.17, 15) is 9.18 Å². The summed E-state index contributed by atoms with van der Waals surface area (Å²) in [6.45, 7) is 4.77. The van der Waals surface area contributed by atoms with Gasteiger partial charge in [-0.05, 0) is 18.1 Å². The minimum absolute atomic E-state index is 0.0543. The fourth-order valence-electron chi connectivity index (χ4n) is 1.68. The number of hydrogen-bond acceptors (Lipinski definition) is 4. The summed E-state index contributed by atoms with van der Waals surface area (Å²) in [4.78, 5) is 17.6. The van der Waals surface area contributed by atoms with Crippen LogP contribution >= 0.6 is 0 Å². The lowest BCUT2D eigenvalue weighted by molar-refractivity contribution is 0.0734. The van der Waals surface area contributed by atoms with Gasteiger partial charge < -0.3 is 15.8 Å². The number of halogens is 1. The van der Waals surface area contributed by atoms with Crippen LogP contribution in [0.4, 0.5) is 4.39 Å². The molecule has 1 aromatic heterocycles. The van der Waals surface area contributed by atoms with Crippen molar-refractivity contribution in [1.29, 1.82) is 0 Å². The average molecular weight is 282 g/mol. The Morgan fingerprint density at radius 2 is 2.25 bits per heavy atom. The maximum atomic E-state index is 12.8. The second-order valence-corrected chi connectivity index (χ2v) is 4.85. The van der Waals surface area contributed by atoms with Crippen LogP contribution in [0.25, 0.3) is 0 Å². The van der Waals surface area contributed by atoms with E-state index in [2.05, 4.69) is 10.1 Å². The first-order valence-electron chi connectivity index (χ1n) is 6.31. The zero-order valence-corrected chi connectivity index (χ0v) is 11.6. The molecule has 3 N–H and O–H groups in total. The van der Waals surface area contributed by atoms with Crippen LogP contribution in [0.1, 0.15) is 30.8 Å². The van der Waals surface area contributed by atoms with Gasteiger partial charge in [0.1, 0.15) is 17.3 Å². The number of nitrogens with zero attached hydrogens (tertiary/aromatic N) is 3. The molecule has 6 nitrogen and oxygen atoms in total. The molecule has 1 amide bonds. The Labute approximate surface area is 117 Å². The van der Waals surface area contributed by atoms with Crippen molar-refractivity contribution in [3.05, 3.63) is 29.8 Å². The smallest absolute Gasteiger partial charge is 0.272 e. The molecule has 7 heteroatoms. The zero-order chi connectivity index (χ0) is 15.1. The molecule has 0 saturated heterocycles. The van der Waals surface area contributed by atoms with Crippen LogP contribution in [-0.4, -0.2) is 39.9 Å². The molecule has 0 aromatic carbocycles. The van der Waals surface area contributed by atoms with Gasteiger partial charge in [0.15, 0.2) is 0 Å². The number of aromatic nitrogens is 1. The number of rotatable bonds is 6. The SMILES string of the molecule is CC(C)CN(CC/C(N)=N/O)C(=O)c1ccc(F)cn1. The first-order chi connectivity index (χ1) is 9.43. The van der Waals surface area contributed by atoms with Crippen molar-refractivity contribution in [3.63, 3.8) is 0 Å². The lowest BCUT2D eigenvalue weighted by Crippen LogP contribution is -2.37. The summed E-state index contributed by atoms with van der Waals surface area (Å²) in [7, 11) is 0. The van der Waals surface area contributed by atoms with Gasteiger partial charge >= 0.3 is 0 Å². The van der Waals surface area contributed by atoms with E-state index in [-0.39, 0.29) is 29.8 Å². The third-order valence-electron chi connectivity index (χ3n) is 2.59. The number of carbonyl (C=O) groups is 1. The Hall–Kier alpha value is -2.18. The molecule has 1 heterocycles. The molecule has 20 heavy (non-hydrogen) atoms. The Morgan fingerprint density at radius 1 is 1.55 bits per heavy atom. The number of hydrogen-bond donors (Lipinski definition) is 2. The van der Waals surface area contributed by atoms with Crippen molar-refractivity contribution in [2.45, 2.75) is 20.3 Å². The normalized spacial score (nSPS) is 11.7. The minimum Gasteiger partial charge on any atom is -0.409 e. The minimum atomic E-state index is -0.492. The van der Waals surface area contributed by atoms with E-state index in [0.717, 1.165) is 6.20 Å². The summed E-state index contributed by atoms with van der Waals surface area (Å²) in [5.74, 6) is -0.483. The van der Waals surface area contributed by atoms with Gasteiger partial charge in [0.05, 0.1) is 6.20 Å². The van der Waals surface area contributed by atoms with Crippen molar-refractivity contribution in [2.75, 3.05) is 13.1 Å². The highest BCUT2D eigenvalue weighted by molar-refractivity contribution is 5.92. The third kappa shape index (κ3) is 4.83. The van der Waals surface area contributed by atoms with Crippen molar-refractivity contribution in [3.8, 4) is 0 Å². The van der Waals surface area contributed by atoms with E-state index in [4.69, 9.17) is 10.9 Å². The van der Waals surface area contributed by atoms with E-state index < -0.39 is 5.82 Å². The highest BCUT2D eigenvalue weighted by Crippen LogP contribution is 2.07. The molecule has 110 valence electrons. The second-order valence-electron chi connectivity index (χ2n) is 4.85. The molecule has 0 atom stereocenters. The van der Waals surface area contributed by atoms with E-state index >= 15 is 0 Å². The quantitative estimate of drug-likeness (QED) is 0.357. The molecule has 0 saturated carbocycles. The molecule has 0 aliphatic rings. The van der Waals surface area contributed by atoms with E-state index in [1.54, 1.807) is 4.90 Å². The van der Waals surface area contributed by atoms with E-state index in [1.807, 2.05) is 13.8 Å². The number of carbonyl (C=O) groups excluding carboxylic acids is 1. The van der Waals surface area contributed by atoms with Crippen LogP contribution in [0.15, 0.2) is 23.5 Å². The fourth-order valence-corrected chi connectivity index (χ4v) is 1.68. The molecule has 0 unspecified atom stereocenters. The third-order valence-corrected chi connectivity index (χ3v) is 2.59. The van der Waals surface area contributed by atoms with Gasteiger partial charge in [0.25, 0.3) is 5.91 Å². The molecular weight excluding hydrogens is 263 g/mol. The zero-order valence-electron chi connectivity index (χ0n) is 11.6. The van der Waals surface area contributed by atoms with Crippen LogP contribution in [0, 0.1) is 11.7 Å². The number of amides is 1. The van der Waals surface area contributed by atoms with Gasteiger partial charge in [-0.15, -0.1) is 0 Å². The maximum Gasteiger partial charge on any atom is 0.272 e. The molecular formula is C13H19FN4O2. The van der Waals surface area contributed by atoms with Gasteiger partial charge in [-0.2, -0.15) is 0 Å². The maximum absolute atomic E-state index is 12.8. The Morgan fingerprint density at radius 3 is 2.75 bits per heavy atom. The topological polar surface area (TPSA) is 91.8 Å². The molecule has 0 radical (unpaired) electrons. The first kappa shape index (κ1) is 15.9. The van der Waals surface area contributed by atoms with Gasteiger partial charge in [-0.1, -0.05) is 19.0 Å². The summed E-state index contributed by atoms with van der Waals surface area (Å²) in [6.07, 6.45) is 1.26. The highest BCUT2D eigenvalue weighted by atomic mass is 19.1. The lowest BCUT2D eigenvalue weighted by atomic mass is 10.2. The summed E-state index contributed by atoms with van der Waals surface area (Å²) >= 11 is 0. The van der Waals surface area contributed by atoms with Crippen molar-refractivity contribution in [2.24, 2.45) is 16.8 Å². The Bertz CT molecular complexity index is 474. The Balaban J connectivity index is 2.80. The van der Waals surface area contributed by atoms with Crippen LogP contribution < -0.4 is 5.73 Å². The van der Waals surface area contributed by atoms with Crippen molar-refractivity contribution in [1.82, 2.24) is 9.88 Å². The van der Waals surface area contributed by atoms with Crippen LogP contribution in [0.3, 0.4) is 0 Å². The molecule has 0 spiro atoms. The fraction of sp³-hybridized carbons (Fsp3) is 0.462. The number of nitrogens with two attached hydrogens (primary N) is 1. The molecule has 1 aromatic rings. The predicted octanol–water partition coefficient (Wildman–Crippen LogP) is 1.46. The van der Waals surface area contributed by atoms with E-state index in [0.29, 0.717) is 13.1 Å². The van der Waals surface area contributed by atoms with Gasteiger partial charge in [-0.3, -0.25) is 4.79 Å². The van der Waals surface area contributed by atoms with Gasteiger partial charge in [0, 0.05) is 19.5 Å². The standard InChI is InChI=1S/C13H19FN4O2/c1-9(2)8-18(6-5-12(15)17-20)13(19)11-4-3-10(14)7-16-11/h3-4,7,9,20H,5-6,8H2,1-2H3,(H2,15,17). The van der Waals surface area contributed by atoms with Gasteiger partial charge in [0.2, 0.25) is 0 Å². The van der Waals surface area contributed by atoms with Crippen LogP contribution in [0.5, 0.6) is 0 Å². The van der Waals surface area contributed by atoms with Crippen molar-refractivity contribution < 1.29 is 14.4 Å². The first-order valence-corrected chi connectivity index (χ1v) is 6.31. The molecule has 0 fully saturated rings. The lowest BCUT2D eigenvalue weighted by Gasteiger charge is -2.24. The summed E-state index contributed by atoms with van der Waals surface area (Å²) in [6, 6.07) is 2.53. The second kappa shape index (κ2) is 7.42. The summed E-state index contributed by atoms with van der Waals surface area (Å²) in [5.41, 5.74) is 5.58. The largest absolute Gasteiger partial charge is 0.409 e. The molecule has 1 rings (SSSR count). The monoisotopic (exact) mass is 282 g/mol. The number of amidine groups is 1. The molecule has 0 aliphatic carbocycles. The summed E-state index contributed by atoms with van der Waals surface area (Å²) in [5, 5.41) is 11.4. The molecule has 0 aliphatic heterocycles. The van der Waals surface area contributed by atoms with Crippen molar-refractivity contribution >= 4 is 11.7 Å². The van der Waals surface area contributed by atoms with Crippen LogP contribution in [-0.2, 0) is 0 Å².